The number of hydrogen-bond acceptors (Lipinski definition) is 1. The van der Waals surface area contributed by atoms with Gasteiger partial charge in [-0.2, -0.15) is 0 Å². The minimum atomic E-state index is -2.55. The third kappa shape index (κ3) is 2.35. The smallest absolute Gasteiger partial charge is 0.258 e. The average molecular weight is 221 g/mol. The van der Waals surface area contributed by atoms with E-state index in [9.17, 15) is 8.78 Å². The van der Waals surface area contributed by atoms with E-state index in [4.69, 9.17) is 16.3 Å². The molecule has 0 aliphatic carbocycles. The van der Waals surface area contributed by atoms with Gasteiger partial charge < -0.3 is 4.74 Å². The van der Waals surface area contributed by atoms with Crippen LogP contribution in [0.4, 0.5) is 8.78 Å². The van der Waals surface area contributed by atoms with Crippen LogP contribution in [0.3, 0.4) is 0 Å². The maximum absolute atomic E-state index is 12.3. The van der Waals surface area contributed by atoms with Crippen LogP contribution in [-0.4, -0.2) is 13.5 Å². The summed E-state index contributed by atoms with van der Waals surface area (Å²) in [6.45, 7) is 1.73. The van der Waals surface area contributed by atoms with Gasteiger partial charge in [-0.15, -0.1) is 11.6 Å². The molecule has 1 aromatic carbocycles. The van der Waals surface area contributed by atoms with Crippen LogP contribution in [-0.2, 0) is 0 Å². The Labute approximate surface area is 86.6 Å². The van der Waals surface area contributed by atoms with Crippen LogP contribution in [0.15, 0.2) is 18.2 Å². The van der Waals surface area contributed by atoms with Gasteiger partial charge in [0.2, 0.25) is 0 Å². The molecule has 0 aliphatic rings. The lowest BCUT2D eigenvalue weighted by Crippen LogP contribution is -2.04. The quantitative estimate of drug-likeness (QED) is 0.708. The summed E-state index contributed by atoms with van der Waals surface area (Å²) in [4.78, 5) is 0. The summed E-state index contributed by atoms with van der Waals surface area (Å²) in [6.07, 6.45) is -2.55. The number of hydrogen-bond donors (Lipinski definition) is 0. The number of alkyl halides is 3. The van der Waals surface area contributed by atoms with Crippen molar-refractivity contribution in [2.24, 2.45) is 0 Å². The zero-order chi connectivity index (χ0) is 10.7. The fourth-order valence-electron chi connectivity index (χ4n) is 1.22. The van der Waals surface area contributed by atoms with E-state index in [2.05, 4.69) is 0 Å². The van der Waals surface area contributed by atoms with Crippen molar-refractivity contribution in [1.82, 2.24) is 0 Å². The highest BCUT2D eigenvalue weighted by Crippen LogP contribution is 2.31. The Morgan fingerprint density at radius 1 is 1.36 bits per heavy atom. The molecule has 0 bridgehead atoms. The number of methoxy groups -OCH3 is 1. The molecule has 0 amide bonds. The molecular weight excluding hydrogens is 210 g/mol. The van der Waals surface area contributed by atoms with Crippen molar-refractivity contribution in [3.8, 4) is 5.75 Å². The zero-order valence-corrected chi connectivity index (χ0v) is 8.68. The molecule has 78 valence electrons. The van der Waals surface area contributed by atoms with Crippen LogP contribution in [0.1, 0.15) is 16.5 Å². The monoisotopic (exact) mass is 220 g/mol. The fraction of sp³-hybridized carbons (Fsp3) is 0.400. The Morgan fingerprint density at radius 2 is 2.00 bits per heavy atom. The molecule has 1 atom stereocenters. The molecule has 0 N–H and O–H groups in total. The molecule has 4 heteroatoms. The van der Waals surface area contributed by atoms with E-state index in [0.29, 0.717) is 16.9 Å². The number of halogens is 3. The van der Waals surface area contributed by atoms with Gasteiger partial charge in [0.15, 0.2) is 0 Å². The second-order valence-electron chi connectivity index (χ2n) is 2.96. The summed E-state index contributed by atoms with van der Waals surface area (Å²) in [5, 5.41) is -1.25. The Kier molecular flexibility index (Phi) is 3.69. The fourth-order valence-corrected chi connectivity index (χ4v) is 1.47. The highest BCUT2D eigenvalue weighted by molar-refractivity contribution is 6.21. The zero-order valence-electron chi connectivity index (χ0n) is 7.93. The summed E-state index contributed by atoms with van der Waals surface area (Å²) in [5.41, 5.74) is 1.16. The van der Waals surface area contributed by atoms with Gasteiger partial charge in [-0.05, 0) is 30.2 Å². The Bertz CT molecular complexity index is 315. The normalized spacial score (nSPS) is 13.0. The van der Waals surface area contributed by atoms with E-state index in [1.54, 1.807) is 25.1 Å². The molecule has 0 spiro atoms. The van der Waals surface area contributed by atoms with Gasteiger partial charge in [-0.1, -0.05) is 6.07 Å². The van der Waals surface area contributed by atoms with Gasteiger partial charge in [0.25, 0.3) is 6.43 Å². The molecule has 1 nitrogen and oxygen atoms in total. The summed E-state index contributed by atoms with van der Waals surface area (Å²) < 4.78 is 29.6. The molecule has 1 aromatic rings. The summed E-state index contributed by atoms with van der Waals surface area (Å²) in [6, 6.07) is 4.88. The predicted molar refractivity (Wildman–Crippen MR) is 52.3 cm³/mol. The number of rotatable bonds is 3. The van der Waals surface area contributed by atoms with Gasteiger partial charge in [0.05, 0.1) is 7.11 Å². The van der Waals surface area contributed by atoms with Crippen LogP contribution < -0.4 is 4.74 Å². The molecule has 0 saturated heterocycles. The number of benzene rings is 1. The van der Waals surface area contributed by atoms with E-state index in [-0.39, 0.29) is 0 Å². The van der Waals surface area contributed by atoms with Crippen molar-refractivity contribution in [3.63, 3.8) is 0 Å². The van der Waals surface area contributed by atoms with Crippen molar-refractivity contribution in [3.05, 3.63) is 29.3 Å². The summed E-state index contributed by atoms with van der Waals surface area (Å²) in [5.74, 6) is 0.643. The van der Waals surface area contributed by atoms with Crippen LogP contribution in [0.5, 0.6) is 5.75 Å². The lowest BCUT2D eigenvalue weighted by Gasteiger charge is -2.12. The molecule has 1 unspecified atom stereocenters. The van der Waals surface area contributed by atoms with Gasteiger partial charge >= 0.3 is 0 Å². The number of aryl methyl sites for hydroxylation is 1. The Hall–Kier alpha value is -0.830. The van der Waals surface area contributed by atoms with Gasteiger partial charge in [-0.3, -0.25) is 0 Å². The van der Waals surface area contributed by atoms with E-state index in [0.717, 1.165) is 0 Å². The SMILES string of the molecule is COc1ccc(C(Cl)C(F)F)c(C)c1. The summed E-state index contributed by atoms with van der Waals surface area (Å²) >= 11 is 5.55. The second kappa shape index (κ2) is 4.60. The maximum atomic E-state index is 12.3. The first kappa shape index (κ1) is 11.2. The van der Waals surface area contributed by atoms with Crippen LogP contribution >= 0.6 is 11.6 Å². The van der Waals surface area contributed by atoms with Crippen molar-refractivity contribution >= 4 is 11.6 Å². The van der Waals surface area contributed by atoms with Crippen molar-refractivity contribution < 1.29 is 13.5 Å². The molecule has 14 heavy (non-hydrogen) atoms. The van der Waals surface area contributed by atoms with E-state index in [1.807, 2.05) is 0 Å². The molecular formula is C10H11ClF2O. The first-order valence-corrected chi connectivity index (χ1v) is 4.56. The van der Waals surface area contributed by atoms with Crippen molar-refractivity contribution in [2.75, 3.05) is 7.11 Å². The molecule has 0 aliphatic heterocycles. The third-order valence-corrected chi connectivity index (χ3v) is 2.42. The minimum Gasteiger partial charge on any atom is -0.497 e. The summed E-state index contributed by atoms with van der Waals surface area (Å²) in [7, 11) is 1.53. The maximum Gasteiger partial charge on any atom is 0.258 e. The van der Waals surface area contributed by atoms with Crippen LogP contribution in [0, 0.1) is 6.92 Å². The van der Waals surface area contributed by atoms with Crippen LogP contribution in [0.2, 0.25) is 0 Å². The highest BCUT2D eigenvalue weighted by atomic mass is 35.5. The van der Waals surface area contributed by atoms with E-state index in [1.165, 1.54) is 7.11 Å². The standard InChI is InChI=1S/C10H11ClF2O/c1-6-5-7(14-2)3-4-8(6)9(11)10(12)13/h3-5,9-10H,1-2H3. The Balaban J connectivity index is 2.99. The largest absolute Gasteiger partial charge is 0.497 e. The van der Waals surface area contributed by atoms with Gasteiger partial charge in [0.1, 0.15) is 11.1 Å². The van der Waals surface area contributed by atoms with Gasteiger partial charge in [0, 0.05) is 0 Å². The second-order valence-corrected chi connectivity index (χ2v) is 3.43. The molecule has 0 saturated carbocycles. The van der Waals surface area contributed by atoms with Crippen molar-refractivity contribution in [2.45, 2.75) is 18.7 Å². The van der Waals surface area contributed by atoms with Crippen molar-refractivity contribution in [1.29, 1.82) is 0 Å². The van der Waals surface area contributed by atoms with E-state index >= 15 is 0 Å². The highest BCUT2D eigenvalue weighted by Gasteiger charge is 2.21. The van der Waals surface area contributed by atoms with E-state index < -0.39 is 11.8 Å². The lowest BCUT2D eigenvalue weighted by molar-refractivity contribution is 0.142. The average Bonchev–Trinajstić information content (AvgIpc) is 2.16. The number of ether oxygens (including phenoxy) is 1. The van der Waals surface area contributed by atoms with Crippen LogP contribution in [0.25, 0.3) is 0 Å². The predicted octanol–water partition coefficient (Wildman–Crippen LogP) is 3.55. The molecule has 0 aromatic heterocycles. The minimum absolute atomic E-state index is 0.447. The molecule has 1 rings (SSSR count). The topological polar surface area (TPSA) is 9.23 Å². The first-order valence-electron chi connectivity index (χ1n) is 4.13. The lowest BCUT2D eigenvalue weighted by atomic mass is 10.1. The Morgan fingerprint density at radius 3 is 2.43 bits per heavy atom. The van der Waals surface area contributed by atoms with Gasteiger partial charge in [-0.25, -0.2) is 8.78 Å². The first-order chi connectivity index (χ1) is 6.56. The molecule has 0 fully saturated rings. The third-order valence-electron chi connectivity index (χ3n) is 2.00. The molecule has 0 radical (unpaired) electrons. The molecule has 0 heterocycles.